The fourth-order valence-electron chi connectivity index (χ4n) is 6.37. The van der Waals surface area contributed by atoms with Crippen LogP contribution in [0.1, 0.15) is 0 Å². The summed E-state index contributed by atoms with van der Waals surface area (Å²) in [4.78, 5) is 29.0. The van der Waals surface area contributed by atoms with Gasteiger partial charge in [-0.15, -0.1) is 0 Å². The number of hydrogen-bond donors (Lipinski definition) is 0. The highest BCUT2D eigenvalue weighted by molar-refractivity contribution is 5.98. The molecule has 0 radical (unpaired) electrons. The second kappa shape index (κ2) is 11.5. The number of pyridine rings is 1. The number of aromatic nitrogens is 3. The standard InChI is InChI=1S/C41H31N7O2/c1-47(2)24-16-18-30-34(20-24)49-36-22-32(26-10-5-7-12-28(26)40(36)44-30)42-38-14-9-15-39(46-38)43-33-23-37-41(29-13-8-6-11-27(29)33)45-31-19-17-25(48(3)4)21-35(31)50-37/h5-23H,1-4H3/b42-32+,43-33?. The molecule has 9 nitrogen and oxygen atoms in total. The molecule has 4 aromatic carbocycles. The number of rotatable bonds is 4. The van der Waals surface area contributed by atoms with Gasteiger partial charge in [-0.1, -0.05) is 54.6 Å². The zero-order valence-electron chi connectivity index (χ0n) is 27.9. The van der Waals surface area contributed by atoms with E-state index in [0.717, 1.165) is 66.1 Å². The van der Waals surface area contributed by atoms with Crippen LogP contribution in [0, 0.1) is 0 Å². The van der Waals surface area contributed by atoms with Crippen molar-refractivity contribution >= 4 is 66.8 Å². The molecular formula is C41H31N7O2. The topological polar surface area (TPSA) is 96.2 Å². The molecule has 0 N–H and O–H groups in total. The molecule has 0 saturated carbocycles. The van der Waals surface area contributed by atoms with Crippen molar-refractivity contribution in [2.45, 2.75) is 0 Å². The Labute approximate surface area is 286 Å². The second-order valence-corrected chi connectivity index (χ2v) is 12.7. The summed E-state index contributed by atoms with van der Waals surface area (Å²) in [6, 6.07) is 37.8. The molecule has 3 heterocycles. The first-order chi connectivity index (χ1) is 24.4. The molecule has 0 fully saturated rings. The van der Waals surface area contributed by atoms with Gasteiger partial charge in [-0.05, 0) is 36.4 Å². The quantitative estimate of drug-likeness (QED) is 0.139. The molecule has 0 bridgehead atoms. The largest absolute Gasteiger partial charge is 0.453 e. The van der Waals surface area contributed by atoms with Crippen molar-refractivity contribution < 1.29 is 8.83 Å². The first-order valence-corrected chi connectivity index (χ1v) is 16.3. The molecule has 242 valence electrons. The Hall–Kier alpha value is -6.61. The summed E-state index contributed by atoms with van der Waals surface area (Å²) in [6.07, 6.45) is 0. The molecule has 0 unspecified atom stereocenters. The summed E-state index contributed by atoms with van der Waals surface area (Å²) in [5.74, 6) is 2.35. The first-order valence-electron chi connectivity index (χ1n) is 16.3. The summed E-state index contributed by atoms with van der Waals surface area (Å²) in [5, 5.41) is 5.29. The SMILES string of the molecule is CN(C)c1ccc2nc3c4ccccc4c(=Nc4cccc(/N=c5\cc6oc7cc(N(C)C)ccc7nc-6c6ccccc56)n4)cc-3oc2c1. The van der Waals surface area contributed by atoms with E-state index in [4.69, 9.17) is 33.8 Å². The van der Waals surface area contributed by atoms with Crippen molar-refractivity contribution in [1.82, 2.24) is 15.0 Å². The minimum absolute atomic E-state index is 0.526. The van der Waals surface area contributed by atoms with Crippen LogP contribution in [0.2, 0.25) is 0 Å². The van der Waals surface area contributed by atoms with Crippen LogP contribution in [-0.4, -0.2) is 43.1 Å². The summed E-state index contributed by atoms with van der Waals surface area (Å²) in [6.45, 7) is 0. The van der Waals surface area contributed by atoms with Gasteiger partial charge in [-0.25, -0.2) is 24.9 Å². The lowest BCUT2D eigenvalue weighted by molar-refractivity contribution is 0.613. The van der Waals surface area contributed by atoms with Crippen LogP contribution in [0.3, 0.4) is 0 Å². The van der Waals surface area contributed by atoms with E-state index in [1.807, 2.05) is 153 Å². The molecule has 50 heavy (non-hydrogen) atoms. The van der Waals surface area contributed by atoms with Crippen molar-refractivity contribution in [2.75, 3.05) is 38.0 Å². The van der Waals surface area contributed by atoms with Crippen LogP contribution in [0.25, 0.3) is 66.7 Å². The molecule has 2 aliphatic carbocycles. The van der Waals surface area contributed by atoms with Crippen LogP contribution < -0.4 is 20.5 Å². The van der Waals surface area contributed by atoms with Gasteiger partial charge in [0.25, 0.3) is 0 Å². The maximum atomic E-state index is 6.44. The Bertz CT molecular complexity index is 2660. The molecule has 1 aromatic heterocycles. The lowest BCUT2D eigenvalue weighted by Gasteiger charge is -2.14. The molecule has 0 saturated heterocycles. The molecule has 0 spiro atoms. The second-order valence-electron chi connectivity index (χ2n) is 12.7. The van der Waals surface area contributed by atoms with Gasteiger partial charge in [0, 0.05) is 85.4 Å². The average Bonchev–Trinajstić information content (AvgIpc) is 3.13. The molecule has 2 aliphatic heterocycles. The minimum atomic E-state index is 0.526. The van der Waals surface area contributed by atoms with Gasteiger partial charge in [0.05, 0.1) is 10.7 Å². The fourth-order valence-corrected chi connectivity index (χ4v) is 6.37. The lowest BCUT2D eigenvalue weighted by Crippen LogP contribution is -2.09. The Morgan fingerprint density at radius 2 is 0.900 bits per heavy atom. The van der Waals surface area contributed by atoms with Gasteiger partial charge >= 0.3 is 0 Å². The van der Waals surface area contributed by atoms with Crippen molar-refractivity contribution in [3.05, 3.63) is 126 Å². The summed E-state index contributed by atoms with van der Waals surface area (Å²) >= 11 is 0. The average molecular weight is 654 g/mol. The van der Waals surface area contributed by atoms with Crippen molar-refractivity contribution in [1.29, 1.82) is 0 Å². The van der Waals surface area contributed by atoms with Crippen LogP contribution >= 0.6 is 0 Å². The maximum absolute atomic E-state index is 6.44. The highest BCUT2D eigenvalue weighted by atomic mass is 16.3. The zero-order valence-corrected chi connectivity index (χ0v) is 27.9. The van der Waals surface area contributed by atoms with Gasteiger partial charge in [-0.2, -0.15) is 0 Å². The van der Waals surface area contributed by atoms with Crippen molar-refractivity contribution in [3.8, 4) is 22.9 Å². The summed E-state index contributed by atoms with van der Waals surface area (Å²) in [7, 11) is 8.02. The number of benzene rings is 6. The van der Waals surface area contributed by atoms with Gasteiger partial charge in [-0.3, -0.25) is 0 Å². The van der Waals surface area contributed by atoms with Crippen molar-refractivity contribution in [2.24, 2.45) is 9.98 Å². The normalized spacial score (nSPS) is 12.6. The van der Waals surface area contributed by atoms with E-state index in [2.05, 4.69) is 0 Å². The molecule has 0 amide bonds. The highest BCUT2D eigenvalue weighted by Crippen LogP contribution is 2.33. The zero-order chi connectivity index (χ0) is 33.9. The van der Waals surface area contributed by atoms with Crippen LogP contribution in [-0.2, 0) is 0 Å². The summed E-state index contributed by atoms with van der Waals surface area (Å²) in [5.41, 5.74) is 6.66. The number of nitrogens with zero attached hydrogens (tertiary/aromatic N) is 7. The number of anilines is 2. The number of hydrogen-bond acceptors (Lipinski definition) is 9. The van der Waals surface area contributed by atoms with Gasteiger partial charge in [0.15, 0.2) is 34.3 Å². The van der Waals surface area contributed by atoms with E-state index in [0.29, 0.717) is 34.3 Å². The molecule has 5 aromatic rings. The van der Waals surface area contributed by atoms with Gasteiger partial charge in [0.1, 0.15) is 22.4 Å². The molecule has 9 heteroatoms. The molecule has 0 atom stereocenters. The van der Waals surface area contributed by atoms with Crippen LogP contribution in [0.15, 0.2) is 134 Å². The molecule has 9 rings (SSSR count). The predicted molar refractivity (Wildman–Crippen MR) is 200 cm³/mol. The monoisotopic (exact) mass is 653 g/mol. The highest BCUT2D eigenvalue weighted by Gasteiger charge is 2.17. The Balaban J connectivity index is 1.21. The van der Waals surface area contributed by atoms with E-state index in [9.17, 15) is 0 Å². The van der Waals surface area contributed by atoms with Crippen LogP contribution in [0.5, 0.6) is 0 Å². The van der Waals surface area contributed by atoms with E-state index in [1.165, 1.54) is 0 Å². The first kappa shape index (κ1) is 29.5. The third kappa shape index (κ3) is 5.07. The summed E-state index contributed by atoms with van der Waals surface area (Å²) < 4.78 is 12.9. The Morgan fingerprint density at radius 1 is 0.460 bits per heavy atom. The smallest absolute Gasteiger partial charge is 0.155 e. The lowest BCUT2D eigenvalue weighted by atomic mass is 10.0. The van der Waals surface area contributed by atoms with E-state index in [1.54, 1.807) is 0 Å². The third-order valence-corrected chi connectivity index (χ3v) is 8.93. The van der Waals surface area contributed by atoms with E-state index >= 15 is 0 Å². The van der Waals surface area contributed by atoms with E-state index in [-0.39, 0.29) is 0 Å². The van der Waals surface area contributed by atoms with E-state index < -0.39 is 0 Å². The molecule has 4 aliphatic rings. The maximum Gasteiger partial charge on any atom is 0.155 e. The molecular weight excluding hydrogens is 622 g/mol. The fraction of sp³-hybridized carbons (Fsp3) is 0.0976. The number of fused-ring (bicyclic) bond motifs is 8. The van der Waals surface area contributed by atoms with Gasteiger partial charge < -0.3 is 18.6 Å². The minimum Gasteiger partial charge on any atom is -0.453 e. The van der Waals surface area contributed by atoms with Crippen LogP contribution in [0.4, 0.5) is 23.0 Å². The Kier molecular flexibility index (Phi) is 6.80. The Morgan fingerprint density at radius 3 is 1.34 bits per heavy atom. The van der Waals surface area contributed by atoms with Crippen molar-refractivity contribution in [3.63, 3.8) is 0 Å². The predicted octanol–water partition coefficient (Wildman–Crippen LogP) is 8.48. The third-order valence-electron chi connectivity index (χ3n) is 8.93. The van der Waals surface area contributed by atoms with Gasteiger partial charge in [0.2, 0.25) is 0 Å².